The number of ether oxygens (including phenoxy) is 1. The van der Waals surface area contributed by atoms with Crippen LogP contribution in [-0.2, 0) is 4.74 Å². The molecule has 0 aromatic heterocycles. The molecule has 0 heterocycles. The molecule has 5 nitrogen and oxygen atoms in total. The van der Waals surface area contributed by atoms with Gasteiger partial charge in [-0.3, -0.25) is 10.1 Å². The first-order valence-corrected chi connectivity index (χ1v) is 6.14. The molecule has 1 N–H and O–H groups in total. The van der Waals surface area contributed by atoms with E-state index in [4.69, 9.17) is 4.74 Å². The van der Waals surface area contributed by atoms with E-state index < -0.39 is 0 Å². The van der Waals surface area contributed by atoms with Crippen LogP contribution in [0.1, 0.15) is 24.8 Å². The predicted octanol–water partition coefficient (Wildman–Crippen LogP) is 2.88. The molecule has 2 atom stereocenters. The highest BCUT2D eigenvalue weighted by Gasteiger charge is 2.24. The fourth-order valence-corrected chi connectivity index (χ4v) is 2.42. The zero-order valence-electron chi connectivity index (χ0n) is 10.7. The summed E-state index contributed by atoms with van der Waals surface area (Å²) in [5, 5.41) is 14.2. The molecule has 0 aliphatic heterocycles. The average Bonchev–Trinajstić information content (AvgIpc) is 2.79. The third-order valence-electron chi connectivity index (χ3n) is 3.49. The zero-order chi connectivity index (χ0) is 13.1. The van der Waals surface area contributed by atoms with Crippen molar-refractivity contribution in [1.29, 1.82) is 0 Å². The number of hydrogen-bond acceptors (Lipinski definition) is 4. The van der Waals surface area contributed by atoms with Crippen molar-refractivity contribution >= 4 is 11.4 Å². The number of nitrogens with one attached hydrogen (secondary N) is 1. The second-order valence-electron chi connectivity index (χ2n) is 4.77. The van der Waals surface area contributed by atoms with E-state index in [1.807, 2.05) is 6.07 Å². The van der Waals surface area contributed by atoms with E-state index in [2.05, 4.69) is 5.32 Å². The molecular weight excluding hydrogens is 232 g/mol. The maximum Gasteiger partial charge on any atom is 0.274 e. The second kappa shape index (κ2) is 5.35. The molecule has 0 saturated heterocycles. The molecule has 2 rings (SSSR count). The van der Waals surface area contributed by atoms with Gasteiger partial charge in [-0.15, -0.1) is 0 Å². The molecular formula is C13H18N2O3. The van der Waals surface area contributed by atoms with Gasteiger partial charge in [0.15, 0.2) is 0 Å². The molecule has 98 valence electrons. The van der Waals surface area contributed by atoms with E-state index in [9.17, 15) is 10.1 Å². The monoisotopic (exact) mass is 250 g/mol. The Morgan fingerprint density at radius 1 is 1.44 bits per heavy atom. The lowest BCUT2D eigenvalue weighted by atomic mass is 10.1. The molecule has 0 amide bonds. The number of anilines is 1. The summed E-state index contributed by atoms with van der Waals surface area (Å²) in [6.07, 6.45) is 3.35. The molecule has 18 heavy (non-hydrogen) atoms. The first-order chi connectivity index (χ1) is 8.60. The molecule has 2 unspecified atom stereocenters. The van der Waals surface area contributed by atoms with Crippen LogP contribution in [0.3, 0.4) is 0 Å². The second-order valence-corrected chi connectivity index (χ2v) is 4.77. The molecule has 0 bridgehead atoms. The minimum absolute atomic E-state index is 0.168. The van der Waals surface area contributed by atoms with Crippen molar-refractivity contribution in [2.24, 2.45) is 0 Å². The maximum absolute atomic E-state index is 10.9. The largest absolute Gasteiger partial charge is 0.382 e. The number of aryl methyl sites for hydroxylation is 1. The lowest BCUT2D eigenvalue weighted by Gasteiger charge is -2.14. The molecule has 1 fully saturated rings. The smallest absolute Gasteiger partial charge is 0.274 e. The Kier molecular flexibility index (Phi) is 3.81. The molecule has 5 heteroatoms. The summed E-state index contributed by atoms with van der Waals surface area (Å²) < 4.78 is 5.31. The number of nitro benzene ring substituents is 1. The van der Waals surface area contributed by atoms with E-state index >= 15 is 0 Å². The van der Waals surface area contributed by atoms with Crippen LogP contribution in [-0.4, -0.2) is 24.2 Å². The summed E-state index contributed by atoms with van der Waals surface area (Å²) in [4.78, 5) is 10.5. The van der Waals surface area contributed by atoms with Crippen LogP contribution in [0, 0.1) is 17.0 Å². The molecule has 0 radical (unpaired) electrons. The highest BCUT2D eigenvalue weighted by molar-refractivity contribution is 5.55. The van der Waals surface area contributed by atoms with Gasteiger partial charge < -0.3 is 10.1 Å². The first-order valence-electron chi connectivity index (χ1n) is 6.14. The van der Waals surface area contributed by atoms with Crippen molar-refractivity contribution in [3.05, 3.63) is 33.9 Å². The number of hydrogen-bond donors (Lipinski definition) is 1. The molecule has 1 aromatic carbocycles. The molecule has 1 aliphatic carbocycles. The summed E-state index contributed by atoms with van der Waals surface area (Å²) in [6.45, 7) is 1.75. The van der Waals surface area contributed by atoms with Crippen molar-refractivity contribution in [1.82, 2.24) is 0 Å². The average molecular weight is 250 g/mol. The van der Waals surface area contributed by atoms with Crippen molar-refractivity contribution in [3.8, 4) is 0 Å². The summed E-state index contributed by atoms with van der Waals surface area (Å²) in [7, 11) is 1.73. The Morgan fingerprint density at radius 2 is 2.22 bits per heavy atom. The highest BCUT2D eigenvalue weighted by atomic mass is 16.6. The number of nitro groups is 1. The topological polar surface area (TPSA) is 64.4 Å². The van der Waals surface area contributed by atoms with Gasteiger partial charge in [0.1, 0.15) is 0 Å². The van der Waals surface area contributed by atoms with Crippen LogP contribution >= 0.6 is 0 Å². The minimum atomic E-state index is -0.340. The third kappa shape index (κ3) is 2.79. The van der Waals surface area contributed by atoms with Gasteiger partial charge in [-0.25, -0.2) is 0 Å². The van der Waals surface area contributed by atoms with Gasteiger partial charge in [-0.05, 0) is 32.3 Å². The number of rotatable bonds is 4. The summed E-state index contributed by atoms with van der Waals surface area (Å²) in [6, 6.07) is 5.62. The standard InChI is InChI=1S/C13H18N2O3/c1-9-3-4-11(8-13(9)15(16)17)14-10-5-6-12(7-10)18-2/h3-4,8,10,12,14H,5-7H2,1-2H3. The van der Waals surface area contributed by atoms with Crippen LogP contribution in [0.2, 0.25) is 0 Å². The van der Waals surface area contributed by atoms with Gasteiger partial charge in [-0.1, -0.05) is 6.07 Å². The fraction of sp³-hybridized carbons (Fsp3) is 0.538. The quantitative estimate of drug-likeness (QED) is 0.659. The van der Waals surface area contributed by atoms with Crippen molar-refractivity contribution in [3.63, 3.8) is 0 Å². The van der Waals surface area contributed by atoms with Gasteiger partial charge in [-0.2, -0.15) is 0 Å². The Morgan fingerprint density at radius 3 is 2.83 bits per heavy atom. The number of nitrogens with zero attached hydrogens (tertiary/aromatic N) is 1. The lowest BCUT2D eigenvalue weighted by molar-refractivity contribution is -0.385. The third-order valence-corrected chi connectivity index (χ3v) is 3.49. The SMILES string of the molecule is COC1CCC(Nc2ccc(C)c([N+](=O)[O-])c2)C1. The predicted molar refractivity (Wildman–Crippen MR) is 69.9 cm³/mol. The van der Waals surface area contributed by atoms with E-state index in [1.54, 1.807) is 26.2 Å². The van der Waals surface area contributed by atoms with Crippen LogP contribution in [0.15, 0.2) is 18.2 Å². The zero-order valence-corrected chi connectivity index (χ0v) is 10.7. The number of methoxy groups -OCH3 is 1. The van der Waals surface area contributed by atoms with E-state index in [0.29, 0.717) is 17.7 Å². The Hall–Kier alpha value is -1.62. The van der Waals surface area contributed by atoms with Gasteiger partial charge in [0.2, 0.25) is 0 Å². The van der Waals surface area contributed by atoms with Crippen LogP contribution in [0.4, 0.5) is 11.4 Å². The summed E-state index contributed by atoms with van der Waals surface area (Å²) in [5.41, 5.74) is 1.67. The Balaban J connectivity index is 2.06. The molecule has 1 aliphatic rings. The summed E-state index contributed by atoms with van der Waals surface area (Å²) >= 11 is 0. The first kappa shape index (κ1) is 12.8. The van der Waals surface area contributed by atoms with Gasteiger partial charge in [0.25, 0.3) is 5.69 Å². The lowest BCUT2D eigenvalue weighted by Crippen LogP contribution is -2.17. The molecule has 1 aromatic rings. The van der Waals surface area contributed by atoms with Gasteiger partial charge in [0.05, 0.1) is 11.0 Å². The molecule has 0 spiro atoms. The summed E-state index contributed by atoms with van der Waals surface area (Å²) in [5.74, 6) is 0. The van der Waals surface area contributed by atoms with Crippen LogP contribution < -0.4 is 5.32 Å². The maximum atomic E-state index is 10.9. The van der Waals surface area contributed by atoms with Crippen LogP contribution in [0.25, 0.3) is 0 Å². The Labute approximate surface area is 106 Å². The van der Waals surface area contributed by atoms with E-state index in [1.165, 1.54) is 0 Å². The van der Waals surface area contributed by atoms with Crippen LogP contribution in [0.5, 0.6) is 0 Å². The molecule has 1 saturated carbocycles. The van der Waals surface area contributed by atoms with E-state index in [-0.39, 0.29) is 10.6 Å². The highest BCUT2D eigenvalue weighted by Crippen LogP contribution is 2.27. The van der Waals surface area contributed by atoms with Gasteiger partial charge in [0, 0.05) is 30.5 Å². The normalized spacial score (nSPS) is 23.0. The van der Waals surface area contributed by atoms with Crippen molar-refractivity contribution in [2.75, 3.05) is 12.4 Å². The number of benzene rings is 1. The van der Waals surface area contributed by atoms with Crippen molar-refractivity contribution in [2.45, 2.75) is 38.3 Å². The van der Waals surface area contributed by atoms with Gasteiger partial charge >= 0.3 is 0 Å². The van der Waals surface area contributed by atoms with E-state index in [0.717, 1.165) is 24.9 Å². The fourth-order valence-electron chi connectivity index (χ4n) is 2.42. The van der Waals surface area contributed by atoms with Crippen molar-refractivity contribution < 1.29 is 9.66 Å². The minimum Gasteiger partial charge on any atom is -0.382 e. The Bertz CT molecular complexity index is 448.